The Kier molecular flexibility index (Phi) is 3.13. The molecule has 2 heteroatoms. The summed E-state index contributed by atoms with van der Waals surface area (Å²) in [6.45, 7) is 7.87. The third-order valence-electron chi connectivity index (χ3n) is 3.12. The molecule has 1 heterocycles. The van der Waals surface area contributed by atoms with Crippen LogP contribution in [0.5, 0.6) is 0 Å². The van der Waals surface area contributed by atoms with Crippen molar-refractivity contribution in [3.05, 3.63) is 0 Å². The summed E-state index contributed by atoms with van der Waals surface area (Å²) in [4.78, 5) is 0. The molecule has 12 heavy (non-hydrogen) atoms. The van der Waals surface area contributed by atoms with Crippen LogP contribution in [0.2, 0.25) is 0 Å². The van der Waals surface area contributed by atoms with E-state index in [1.165, 1.54) is 6.42 Å². The van der Waals surface area contributed by atoms with Crippen molar-refractivity contribution in [3.63, 3.8) is 0 Å². The van der Waals surface area contributed by atoms with Gasteiger partial charge in [-0.2, -0.15) is 0 Å². The van der Waals surface area contributed by atoms with Crippen molar-refractivity contribution in [2.45, 2.75) is 45.3 Å². The van der Waals surface area contributed by atoms with Gasteiger partial charge in [0.15, 0.2) is 0 Å². The van der Waals surface area contributed by atoms with Crippen LogP contribution in [0.4, 0.5) is 0 Å². The van der Waals surface area contributed by atoms with Gasteiger partial charge in [-0.05, 0) is 33.2 Å². The van der Waals surface area contributed by atoms with Crippen LogP contribution in [-0.4, -0.2) is 25.3 Å². The van der Waals surface area contributed by atoms with E-state index in [2.05, 4.69) is 26.1 Å². The molecule has 1 aliphatic rings. The van der Waals surface area contributed by atoms with Gasteiger partial charge in [0.25, 0.3) is 0 Å². The second-order valence-corrected chi connectivity index (χ2v) is 4.23. The molecule has 0 aromatic heterocycles. The zero-order valence-corrected chi connectivity index (χ0v) is 8.68. The molecule has 0 aromatic rings. The van der Waals surface area contributed by atoms with Crippen LogP contribution < -0.4 is 5.32 Å². The van der Waals surface area contributed by atoms with Crippen LogP contribution in [-0.2, 0) is 4.74 Å². The summed E-state index contributed by atoms with van der Waals surface area (Å²) >= 11 is 0. The molecule has 1 N–H and O–H groups in total. The maximum Gasteiger partial charge on any atom is 0.0614 e. The summed E-state index contributed by atoms with van der Waals surface area (Å²) in [5, 5.41) is 3.52. The maximum absolute atomic E-state index is 5.48. The maximum atomic E-state index is 5.48. The Labute approximate surface area is 75.7 Å². The second kappa shape index (κ2) is 3.75. The van der Waals surface area contributed by atoms with E-state index < -0.39 is 0 Å². The predicted octanol–water partition coefficient (Wildman–Crippen LogP) is 1.80. The normalized spacial score (nSPS) is 30.5. The summed E-state index contributed by atoms with van der Waals surface area (Å²) in [5.41, 5.74) is 0.261. The van der Waals surface area contributed by atoms with Gasteiger partial charge in [0, 0.05) is 18.6 Å². The molecular formula is C10H21NO. The molecule has 0 amide bonds. The monoisotopic (exact) mass is 171 g/mol. The van der Waals surface area contributed by atoms with Crippen molar-refractivity contribution >= 4 is 0 Å². The molecule has 72 valence electrons. The number of hydrogen-bond acceptors (Lipinski definition) is 2. The van der Waals surface area contributed by atoms with Gasteiger partial charge in [0.1, 0.15) is 0 Å². The van der Waals surface area contributed by atoms with Crippen LogP contribution in [0.15, 0.2) is 0 Å². The van der Waals surface area contributed by atoms with E-state index in [1.807, 2.05) is 7.11 Å². The molecule has 0 aromatic carbocycles. The number of nitrogens with one attached hydrogen (secondary N) is 1. The first-order chi connectivity index (χ1) is 5.61. The van der Waals surface area contributed by atoms with Crippen LogP contribution >= 0.6 is 0 Å². The lowest BCUT2D eigenvalue weighted by atomic mass is 9.83. The van der Waals surface area contributed by atoms with E-state index in [4.69, 9.17) is 4.74 Å². The summed E-state index contributed by atoms with van der Waals surface area (Å²) in [5.74, 6) is 0.674. The lowest BCUT2D eigenvalue weighted by molar-refractivity contribution is 0.0291. The van der Waals surface area contributed by atoms with Gasteiger partial charge in [0.2, 0.25) is 0 Å². The highest BCUT2D eigenvalue weighted by atomic mass is 16.5. The van der Waals surface area contributed by atoms with Crippen LogP contribution in [0.1, 0.15) is 33.6 Å². The fraction of sp³-hybridized carbons (Fsp3) is 1.00. The van der Waals surface area contributed by atoms with Gasteiger partial charge in [-0.15, -0.1) is 0 Å². The zero-order chi connectivity index (χ0) is 9.19. The Morgan fingerprint density at radius 3 is 2.58 bits per heavy atom. The second-order valence-electron chi connectivity index (χ2n) is 4.23. The van der Waals surface area contributed by atoms with Crippen molar-refractivity contribution in [1.29, 1.82) is 0 Å². The first-order valence-electron chi connectivity index (χ1n) is 4.89. The van der Waals surface area contributed by atoms with Crippen molar-refractivity contribution in [2.24, 2.45) is 5.92 Å². The Morgan fingerprint density at radius 2 is 2.25 bits per heavy atom. The highest BCUT2D eigenvalue weighted by Gasteiger charge is 2.38. The highest BCUT2D eigenvalue weighted by Crippen LogP contribution is 2.31. The quantitative estimate of drug-likeness (QED) is 0.699. The van der Waals surface area contributed by atoms with Gasteiger partial charge in [-0.25, -0.2) is 0 Å². The number of ether oxygens (including phenoxy) is 1. The van der Waals surface area contributed by atoms with Crippen LogP contribution in [0.25, 0.3) is 0 Å². The van der Waals surface area contributed by atoms with Crippen molar-refractivity contribution in [2.75, 3.05) is 13.7 Å². The van der Waals surface area contributed by atoms with E-state index in [0.29, 0.717) is 12.0 Å². The average Bonchev–Trinajstić information content (AvgIpc) is 2.34. The topological polar surface area (TPSA) is 21.3 Å². The summed E-state index contributed by atoms with van der Waals surface area (Å²) in [7, 11) is 1.82. The summed E-state index contributed by atoms with van der Waals surface area (Å²) in [6.07, 6.45) is 2.79. The SMILES string of the molecule is CCC(OC)C1CCNC1(C)C. The molecule has 1 saturated heterocycles. The number of methoxy groups -OCH3 is 1. The molecule has 0 spiro atoms. The van der Waals surface area contributed by atoms with Crippen molar-refractivity contribution in [3.8, 4) is 0 Å². The van der Waals surface area contributed by atoms with E-state index in [-0.39, 0.29) is 5.54 Å². The Balaban J connectivity index is 2.60. The Hall–Kier alpha value is -0.0800. The molecule has 1 fully saturated rings. The fourth-order valence-corrected chi connectivity index (χ4v) is 2.31. The van der Waals surface area contributed by atoms with E-state index in [1.54, 1.807) is 0 Å². The van der Waals surface area contributed by atoms with E-state index >= 15 is 0 Å². The molecule has 1 aliphatic heterocycles. The van der Waals surface area contributed by atoms with E-state index in [9.17, 15) is 0 Å². The van der Waals surface area contributed by atoms with Crippen LogP contribution in [0, 0.1) is 5.92 Å². The first-order valence-corrected chi connectivity index (χ1v) is 4.89. The molecule has 2 nitrogen and oxygen atoms in total. The molecule has 0 bridgehead atoms. The lowest BCUT2D eigenvalue weighted by Gasteiger charge is -2.32. The third kappa shape index (κ3) is 1.80. The first kappa shape index (κ1) is 10.0. The molecule has 0 radical (unpaired) electrons. The molecule has 2 unspecified atom stereocenters. The minimum Gasteiger partial charge on any atom is -0.381 e. The number of hydrogen-bond donors (Lipinski definition) is 1. The highest BCUT2D eigenvalue weighted by molar-refractivity contribution is 4.95. The van der Waals surface area contributed by atoms with Crippen molar-refractivity contribution < 1.29 is 4.74 Å². The smallest absolute Gasteiger partial charge is 0.0614 e. The predicted molar refractivity (Wildman–Crippen MR) is 51.3 cm³/mol. The van der Waals surface area contributed by atoms with E-state index in [0.717, 1.165) is 13.0 Å². The molecule has 0 aliphatic carbocycles. The van der Waals surface area contributed by atoms with Gasteiger partial charge in [-0.3, -0.25) is 0 Å². The zero-order valence-electron chi connectivity index (χ0n) is 8.68. The molecule has 2 atom stereocenters. The fourth-order valence-electron chi connectivity index (χ4n) is 2.31. The molecular weight excluding hydrogens is 150 g/mol. The molecule has 0 saturated carbocycles. The van der Waals surface area contributed by atoms with Gasteiger partial charge in [-0.1, -0.05) is 6.92 Å². The molecule has 1 rings (SSSR count). The standard InChI is InChI=1S/C10H21NO/c1-5-9(12-4)8-6-7-11-10(8,2)3/h8-9,11H,5-7H2,1-4H3. The largest absolute Gasteiger partial charge is 0.381 e. The minimum atomic E-state index is 0.261. The summed E-state index contributed by atoms with van der Waals surface area (Å²) in [6, 6.07) is 0. The van der Waals surface area contributed by atoms with Gasteiger partial charge < -0.3 is 10.1 Å². The minimum absolute atomic E-state index is 0.261. The Bertz CT molecular complexity index is 141. The lowest BCUT2D eigenvalue weighted by Crippen LogP contribution is -2.43. The third-order valence-corrected chi connectivity index (χ3v) is 3.12. The Morgan fingerprint density at radius 1 is 1.58 bits per heavy atom. The summed E-state index contributed by atoms with van der Waals surface area (Å²) < 4.78 is 5.48. The van der Waals surface area contributed by atoms with Crippen LogP contribution in [0.3, 0.4) is 0 Å². The number of rotatable bonds is 3. The van der Waals surface area contributed by atoms with Crippen molar-refractivity contribution in [1.82, 2.24) is 5.32 Å². The van der Waals surface area contributed by atoms with Gasteiger partial charge in [0.05, 0.1) is 6.10 Å². The van der Waals surface area contributed by atoms with Gasteiger partial charge >= 0.3 is 0 Å². The average molecular weight is 171 g/mol.